The van der Waals surface area contributed by atoms with Gasteiger partial charge in [0.15, 0.2) is 0 Å². The Bertz CT molecular complexity index is 388. The molecule has 0 aromatic carbocycles. The fourth-order valence-corrected chi connectivity index (χ4v) is 0. The molecule has 0 rings (SSSR count). The Morgan fingerprint density at radius 1 is 0.480 bits per heavy atom. The molecule has 0 atom stereocenters. The maximum Gasteiger partial charge on any atom is 0.330 e. The zero-order valence-electron chi connectivity index (χ0n) is 14.8. The van der Waals surface area contributed by atoms with E-state index in [0.717, 1.165) is 0 Å². The number of rotatable bonds is 4. The Kier molecular flexibility index (Phi) is 26.7. The van der Waals surface area contributed by atoms with Gasteiger partial charge in [-0.05, 0) is 27.7 Å². The smallest absolute Gasteiger partial charge is 0.330 e. The molecule has 4 N–H and O–H groups in total. The predicted octanol–water partition coefficient (Wildman–Crippen LogP) is 2.59. The van der Waals surface area contributed by atoms with Crippen LogP contribution in [0.2, 0.25) is 0 Å². The Hall–Kier alpha value is -2.45. The van der Waals surface area contributed by atoms with E-state index in [1.165, 1.54) is 27.7 Å². The van der Waals surface area contributed by atoms with E-state index in [4.69, 9.17) is 20.4 Å². The molecule has 0 aromatic rings. The summed E-state index contributed by atoms with van der Waals surface area (Å²) in [6.07, 6.45) is 0. The molecule has 0 heterocycles. The normalized spacial score (nSPS) is 7.20. The van der Waals surface area contributed by atoms with Gasteiger partial charge in [-0.1, -0.05) is 26.3 Å². The summed E-state index contributed by atoms with van der Waals surface area (Å²) in [4.78, 5) is 38.4. The van der Waals surface area contributed by atoms with Crippen molar-refractivity contribution < 1.29 is 61.3 Å². The minimum atomic E-state index is -0.935. The van der Waals surface area contributed by atoms with E-state index in [-0.39, 0.29) is 44.0 Å². The molecular weight excluding hydrogens is 368 g/mol. The number of carboxylic acids is 4. The third kappa shape index (κ3) is 44.9. The molecular formula is C16H24O8Ti. The Balaban J connectivity index is -0.0000000702. The second kappa shape index (κ2) is 19.6. The van der Waals surface area contributed by atoms with E-state index < -0.39 is 23.9 Å². The summed E-state index contributed by atoms with van der Waals surface area (Å²) < 4.78 is 0. The quantitative estimate of drug-likeness (QED) is 0.421. The topological polar surface area (TPSA) is 149 Å². The second-order valence-corrected chi connectivity index (χ2v) is 4.34. The van der Waals surface area contributed by atoms with Crippen molar-refractivity contribution in [3.63, 3.8) is 0 Å². The zero-order chi connectivity index (χ0) is 20.6. The van der Waals surface area contributed by atoms with E-state index in [0.29, 0.717) is 0 Å². The van der Waals surface area contributed by atoms with E-state index in [9.17, 15) is 19.2 Å². The van der Waals surface area contributed by atoms with E-state index >= 15 is 0 Å². The molecule has 0 amide bonds. The summed E-state index contributed by atoms with van der Waals surface area (Å²) >= 11 is 0. The van der Waals surface area contributed by atoms with Gasteiger partial charge in [0.25, 0.3) is 0 Å². The third-order valence-corrected chi connectivity index (χ3v) is 1.46. The molecule has 0 saturated heterocycles. The number of hydrogen-bond donors (Lipinski definition) is 4. The van der Waals surface area contributed by atoms with Crippen molar-refractivity contribution >= 4 is 23.9 Å². The monoisotopic (exact) mass is 392 g/mol. The summed E-state index contributed by atoms with van der Waals surface area (Å²) in [6.45, 7) is 18.4. The standard InChI is InChI=1S/4C4H6O2.Ti/c4*1-3(2)4(5)6;/h4*1H2,2H3,(H,5,6);. The van der Waals surface area contributed by atoms with Gasteiger partial charge in [0.2, 0.25) is 0 Å². The molecule has 0 spiro atoms. The van der Waals surface area contributed by atoms with Gasteiger partial charge >= 0.3 is 23.9 Å². The third-order valence-electron chi connectivity index (χ3n) is 1.46. The van der Waals surface area contributed by atoms with Gasteiger partial charge in [-0.3, -0.25) is 0 Å². The van der Waals surface area contributed by atoms with Crippen LogP contribution in [0.5, 0.6) is 0 Å². The Labute approximate surface area is 161 Å². The second-order valence-electron chi connectivity index (χ2n) is 4.34. The molecule has 0 aliphatic heterocycles. The summed E-state index contributed by atoms with van der Waals surface area (Å²) in [5, 5.41) is 31.6. The van der Waals surface area contributed by atoms with Crippen LogP contribution in [-0.2, 0) is 40.9 Å². The molecule has 0 aliphatic carbocycles. The summed E-state index contributed by atoms with van der Waals surface area (Å²) in [7, 11) is 0. The van der Waals surface area contributed by atoms with Gasteiger partial charge in [0.05, 0.1) is 0 Å². The first-order chi connectivity index (χ1) is 10.6. The molecule has 8 nitrogen and oxygen atoms in total. The minimum Gasteiger partial charge on any atom is -0.478 e. The number of carboxylic acid groups (broad SMARTS) is 4. The van der Waals surface area contributed by atoms with Crippen molar-refractivity contribution in [1.82, 2.24) is 0 Å². The fraction of sp³-hybridized carbons (Fsp3) is 0.250. The van der Waals surface area contributed by atoms with Crippen molar-refractivity contribution in [1.29, 1.82) is 0 Å². The molecule has 0 radical (unpaired) electrons. The molecule has 0 fully saturated rings. The maximum atomic E-state index is 9.60. The molecule has 0 unspecified atom stereocenters. The van der Waals surface area contributed by atoms with Crippen LogP contribution in [0, 0.1) is 0 Å². The SMILES string of the molecule is C=C(C)C(=O)O.C=C(C)C(=O)O.C=C(C)C(=O)O.C=C(C)C(=O)O.[Ti]. The van der Waals surface area contributed by atoms with E-state index in [1.807, 2.05) is 0 Å². The molecule has 25 heavy (non-hydrogen) atoms. The summed E-state index contributed by atoms with van der Waals surface area (Å²) in [6, 6.07) is 0. The molecule has 140 valence electrons. The van der Waals surface area contributed by atoms with Crippen LogP contribution in [0.4, 0.5) is 0 Å². The Morgan fingerprint density at radius 2 is 0.520 bits per heavy atom. The van der Waals surface area contributed by atoms with Crippen molar-refractivity contribution in [2.75, 3.05) is 0 Å². The van der Waals surface area contributed by atoms with Crippen LogP contribution in [0.1, 0.15) is 27.7 Å². The predicted molar refractivity (Wildman–Crippen MR) is 89.8 cm³/mol. The first-order valence-electron chi connectivity index (χ1n) is 6.13. The number of carbonyl (C=O) groups is 4. The van der Waals surface area contributed by atoms with Crippen LogP contribution >= 0.6 is 0 Å². The summed E-state index contributed by atoms with van der Waals surface area (Å²) in [5.74, 6) is -3.74. The van der Waals surface area contributed by atoms with Crippen LogP contribution in [0.25, 0.3) is 0 Å². The average molecular weight is 392 g/mol. The Morgan fingerprint density at radius 3 is 0.520 bits per heavy atom. The number of aliphatic carboxylic acids is 4. The van der Waals surface area contributed by atoms with E-state index in [2.05, 4.69) is 26.3 Å². The molecule has 0 bridgehead atoms. The average Bonchev–Trinajstić information content (AvgIpc) is 2.40. The van der Waals surface area contributed by atoms with Crippen LogP contribution in [0.3, 0.4) is 0 Å². The van der Waals surface area contributed by atoms with Crippen molar-refractivity contribution in [3.05, 3.63) is 48.6 Å². The van der Waals surface area contributed by atoms with Crippen molar-refractivity contribution in [3.8, 4) is 0 Å². The van der Waals surface area contributed by atoms with Gasteiger partial charge in [-0.2, -0.15) is 0 Å². The van der Waals surface area contributed by atoms with Crippen molar-refractivity contribution in [2.45, 2.75) is 27.7 Å². The van der Waals surface area contributed by atoms with Gasteiger partial charge in [-0.15, -0.1) is 0 Å². The molecule has 0 aromatic heterocycles. The van der Waals surface area contributed by atoms with Gasteiger partial charge in [-0.25, -0.2) is 19.2 Å². The largest absolute Gasteiger partial charge is 0.478 e. The van der Waals surface area contributed by atoms with Crippen molar-refractivity contribution in [2.24, 2.45) is 0 Å². The van der Waals surface area contributed by atoms with Crippen LogP contribution in [0.15, 0.2) is 48.6 Å². The molecule has 0 aliphatic rings. The van der Waals surface area contributed by atoms with E-state index in [1.54, 1.807) is 0 Å². The summed E-state index contributed by atoms with van der Waals surface area (Å²) in [5.41, 5.74) is 0.704. The first-order valence-corrected chi connectivity index (χ1v) is 6.13. The van der Waals surface area contributed by atoms with Crippen LogP contribution in [-0.4, -0.2) is 44.3 Å². The molecule has 0 saturated carbocycles. The minimum absolute atomic E-state index is 0. The first kappa shape index (κ1) is 34.0. The fourth-order valence-electron chi connectivity index (χ4n) is 0. The zero-order valence-corrected chi connectivity index (χ0v) is 16.3. The number of hydrogen-bond acceptors (Lipinski definition) is 4. The van der Waals surface area contributed by atoms with Gasteiger partial charge in [0.1, 0.15) is 0 Å². The molecule has 9 heteroatoms. The van der Waals surface area contributed by atoms with Crippen LogP contribution < -0.4 is 0 Å². The van der Waals surface area contributed by atoms with Gasteiger partial charge in [0, 0.05) is 44.0 Å². The van der Waals surface area contributed by atoms with Gasteiger partial charge < -0.3 is 20.4 Å². The maximum absolute atomic E-state index is 9.60.